The minimum atomic E-state index is 0.734. The largest absolute Gasteiger partial charge is 0.379 e. The van der Waals surface area contributed by atoms with Crippen LogP contribution in [0, 0.1) is 5.92 Å². The van der Waals surface area contributed by atoms with Gasteiger partial charge in [0, 0.05) is 19.1 Å². The predicted molar refractivity (Wildman–Crippen MR) is 56.9 cm³/mol. The standard InChI is InChI=1S/C11H22N2O/c1-2-10-3-4-11(9-10)12-13-5-7-14-8-6-13/h10-12H,2-9H2,1H3. The van der Waals surface area contributed by atoms with Gasteiger partial charge in [0.1, 0.15) is 0 Å². The molecule has 2 aliphatic rings. The van der Waals surface area contributed by atoms with Gasteiger partial charge in [-0.2, -0.15) is 0 Å². The number of morpholine rings is 1. The molecule has 1 saturated heterocycles. The molecule has 14 heavy (non-hydrogen) atoms. The average molecular weight is 198 g/mol. The molecule has 0 amide bonds. The first-order valence-corrected chi connectivity index (χ1v) is 5.97. The monoisotopic (exact) mass is 198 g/mol. The van der Waals surface area contributed by atoms with E-state index in [1.54, 1.807) is 0 Å². The lowest BCUT2D eigenvalue weighted by molar-refractivity contribution is 0.00383. The summed E-state index contributed by atoms with van der Waals surface area (Å²) in [6, 6.07) is 0.734. The highest BCUT2D eigenvalue weighted by molar-refractivity contribution is 4.79. The van der Waals surface area contributed by atoms with E-state index < -0.39 is 0 Å². The fourth-order valence-electron chi connectivity index (χ4n) is 2.51. The third-order valence-corrected chi connectivity index (χ3v) is 3.49. The van der Waals surface area contributed by atoms with Gasteiger partial charge in [0.2, 0.25) is 0 Å². The van der Waals surface area contributed by atoms with E-state index in [1.807, 2.05) is 0 Å². The summed E-state index contributed by atoms with van der Waals surface area (Å²) >= 11 is 0. The van der Waals surface area contributed by atoms with E-state index in [-0.39, 0.29) is 0 Å². The van der Waals surface area contributed by atoms with Crippen molar-refractivity contribution in [3.8, 4) is 0 Å². The second kappa shape index (κ2) is 5.10. The molecule has 1 aliphatic heterocycles. The summed E-state index contributed by atoms with van der Waals surface area (Å²) in [5.41, 5.74) is 3.64. The van der Waals surface area contributed by atoms with Crippen LogP contribution in [0.25, 0.3) is 0 Å². The van der Waals surface area contributed by atoms with Crippen LogP contribution in [0.5, 0.6) is 0 Å². The lowest BCUT2D eigenvalue weighted by atomic mass is 10.1. The van der Waals surface area contributed by atoms with Crippen molar-refractivity contribution in [1.82, 2.24) is 10.4 Å². The molecule has 0 bridgehead atoms. The Morgan fingerprint density at radius 3 is 2.71 bits per heavy atom. The predicted octanol–water partition coefficient (Wildman–Crippen LogP) is 1.40. The van der Waals surface area contributed by atoms with E-state index in [9.17, 15) is 0 Å². The topological polar surface area (TPSA) is 24.5 Å². The second-order valence-corrected chi connectivity index (χ2v) is 4.51. The summed E-state index contributed by atoms with van der Waals surface area (Å²) < 4.78 is 5.32. The SMILES string of the molecule is CCC1CCC(NN2CCOCC2)C1. The van der Waals surface area contributed by atoms with Gasteiger partial charge >= 0.3 is 0 Å². The summed E-state index contributed by atoms with van der Waals surface area (Å²) in [6.45, 7) is 6.18. The first-order valence-electron chi connectivity index (χ1n) is 5.97. The Kier molecular flexibility index (Phi) is 3.79. The number of ether oxygens (including phenoxy) is 1. The molecule has 0 radical (unpaired) electrons. The minimum absolute atomic E-state index is 0.734. The van der Waals surface area contributed by atoms with Crippen molar-refractivity contribution >= 4 is 0 Å². The fourth-order valence-corrected chi connectivity index (χ4v) is 2.51. The molecule has 3 nitrogen and oxygen atoms in total. The smallest absolute Gasteiger partial charge is 0.0608 e. The molecule has 1 aliphatic carbocycles. The molecule has 1 heterocycles. The van der Waals surface area contributed by atoms with Crippen molar-refractivity contribution in [3.63, 3.8) is 0 Å². The fraction of sp³-hybridized carbons (Fsp3) is 1.00. The summed E-state index contributed by atoms with van der Waals surface area (Å²) in [4.78, 5) is 0. The van der Waals surface area contributed by atoms with Gasteiger partial charge in [-0.05, 0) is 25.2 Å². The summed E-state index contributed by atoms with van der Waals surface area (Å²) in [6.07, 6.45) is 5.49. The number of nitrogens with one attached hydrogen (secondary N) is 1. The third kappa shape index (κ3) is 2.69. The molecule has 3 heteroatoms. The van der Waals surface area contributed by atoms with Crippen LogP contribution >= 0.6 is 0 Å². The molecule has 2 rings (SSSR count). The van der Waals surface area contributed by atoms with Crippen molar-refractivity contribution < 1.29 is 4.74 Å². The van der Waals surface area contributed by atoms with Gasteiger partial charge in [0.25, 0.3) is 0 Å². The maximum absolute atomic E-state index is 5.32. The molecule has 2 fully saturated rings. The Hall–Kier alpha value is -0.120. The number of rotatable bonds is 3. The van der Waals surface area contributed by atoms with Gasteiger partial charge in [0.15, 0.2) is 0 Å². The van der Waals surface area contributed by atoms with Gasteiger partial charge < -0.3 is 4.74 Å². The van der Waals surface area contributed by atoms with Crippen LogP contribution in [0.1, 0.15) is 32.6 Å². The first-order chi connectivity index (χ1) is 6.88. The highest BCUT2D eigenvalue weighted by Gasteiger charge is 2.25. The molecular weight excluding hydrogens is 176 g/mol. The zero-order chi connectivity index (χ0) is 9.80. The molecule has 0 spiro atoms. The van der Waals surface area contributed by atoms with E-state index in [0.717, 1.165) is 38.3 Å². The second-order valence-electron chi connectivity index (χ2n) is 4.51. The Morgan fingerprint density at radius 1 is 1.29 bits per heavy atom. The molecule has 0 aromatic rings. The third-order valence-electron chi connectivity index (χ3n) is 3.49. The molecular formula is C11H22N2O. The lowest BCUT2D eigenvalue weighted by Crippen LogP contribution is -2.49. The van der Waals surface area contributed by atoms with Crippen molar-refractivity contribution in [3.05, 3.63) is 0 Å². The molecule has 0 aromatic carbocycles. The van der Waals surface area contributed by atoms with Crippen LogP contribution in [0.3, 0.4) is 0 Å². The van der Waals surface area contributed by atoms with E-state index in [1.165, 1.54) is 25.7 Å². The maximum Gasteiger partial charge on any atom is 0.0608 e. The number of nitrogens with zero attached hydrogens (tertiary/aromatic N) is 1. The Bertz CT molecular complexity index is 169. The van der Waals surface area contributed by atoms with E-state index >= 15 is 0 Å². The molecule has 1 saturated carbocycles. The van der Waals surface area contributed by atoms with E-state index in [0.29, 0.717) is 0 Å². The van der Waals surface area contributed by atoms with Crippen LogP contribution in [-0.2, 0) is 4.74 Å². The van der Waals surface area contributed by atoms with Gasteiger partial charge in [0.05, 0.1) is 13.2 Å². The number of hydrogen-bond acceptors (Lipinski definition) is 3. The van der Waals surface area contributed by atoms with Crippen LogP contribution in [-0.4, -0.2) is 37.4 Å². The molecule has 0 aromatic heterocycles. The molecule has 82 valence electrons. The van der Waals surface area contributed by atoms with E-state index in [2.05, 4.69) is 17.4 Å². The maximum atomic E-state index is 5.32. The van der Waals surface area contributed by atoms with Crippen LogP contribution in [0.2, 0.25) is 0 Å². The summed E-state index contributed by atoms with van der Waals surface area (Å²) in [7, 11) is 0. The zero-order valence-corrected chi connectivity index (χ0v) is 9.17. The normalized spacial score (nSPS) is 34.9. The summed E-state index contributed by atoms with van der Waals surface area (Å²) in [5, 5.41) is 2.34. The van der Waals surface area contributed by atoms with Crippen LogP contribution < -0.4 is 5.43 Å². The van der Waals surface area contributed by atoms with Crippen molar-refractivity contribution in [2.45, 2.75) is 38.6 Å². The number of hydrogen-bond donors (Lipinski definition) is 1. The average Bonchev–Trinajstić information content (AvgIpc) is 2.67. The Morgan fingerprint density at radius 2 is 2.07 bits per heavy atom. The molecule has 1 N–H and O–H groups in total. The molecule has 2 unspecified atom stereocenters. The highest BCUT2D eigenvalue weighted by Crippen LogP contribution is 2.27. The van der Waals surface area contributed by atoms with Crippen LogP contribution in [0.15, 0.2) is 0 Å². The number of hydrazine groups is 1. The van der Waals surface area contributed by atoms with Crippen molar-refractivity contribution in [2.24, 2.45) is 5.92 Å². The van der Waals surface area contributed by atoms with Gasteiger partial charge in [-0.1, -0.05) is 13.3 Å². The summed E-state index contributed by atoms with van der Waals surface area (Å²) in [5.74, 6) is 0.966. The van der Waals surface area contributed by atoms with Crippen molar-refractivity contribution in [1.29, 1.82) is 0 Å². The Labute approximate surface area is 86.8 Å². The molecule has 2 atom stereocenters. The van der Waals surface area contributed by atoms with E-state index in [4.69, 9.17) is 4.74 Å². The Balaban J connectivity index is 1.69. The van der Waals surface area contributed by atoms with Gasteiger partial charge in [-0.15, -0.1) is 0 Å². The zero-order valence-electron chi connectivity index (χ0n) is 9.17. The lowest BCUT2D eigenvalue weighted by Gasteiger charge is -2.30. The van der Waals surface area contributed by atoms with Gasteiger partial charge in [-0.3, -0.25) is 5.43 Å². The first kappa shape index (κ1) is 10.4. The van der Waals surface area contributed by atoms with Crippen molar-refractivity contribution in [2.75, 3.05) is 26.3 Å². The highest BCUT2D eigenvalue weighted by atomic mass is 16.5. The van der Waals surface area contributed by atoms with Crippen LogP contribution in [0.4, 0.5) is 0 Å². The quantitative estimate of drug-likeness (QED) is 0.742. The van der Waals surface area contributed by atoms with Gasteiger partial charge in [-0.25, -0.2) is 5.01 Å². The minimum Gasteiger partial charge on any atom is -0.379 e.